The van der Waals surface area contributed by atoms with Crippen molar-refractivity contribution < 1.29 is 0 Å². The number of pyridine rings is 1. The molecule has 0 saturated carbocycles. The fourth-order valence-corrected chi connectivity index (χ4v) is 3.09. The standard InChI is InChI=1S/C20H23N3O/c1-4-6-14-10-16(20(24)23-17(14)5-2)19-11-15-9-13(12-21-3)7-8-18(15)22-19/h5,7-11,21-22H,2,4,6,12H2,1,3H3,(H,23,24). The van der Waals surface area contributed by atoms with Gasteiger partial charge in [-0.25, -0.2) is 0 Å². The number of nitrogens with one attached hydrogen (secondary N) is 3. The molecule has 4 nitrogen and oxygen atoms in total. The number of aromatic amines is 2. The average molecular weight is 321 g/mol. The minimum atomic E-state index is -0.0910. The Balaban J connectivity index is 2.10. The fourth-order valence-electron chi connectivity index (χ4n) is 3.09. The second-order valence-corrected chi connectivity index (χ2v) is 6.04. The summed E-state index contributed by atoms with van der Waals surface area (Å²) < 4.78 is 0. The minimum Gasteiger partial charge on any atom is -0.354 e. The molecule has 0 unspecified atom stereocenters. The first-order valence-corrected chi connectivity index (χ1v) is 8.31. The molecule has 3 rings (SSSR count). The van der Waals surface area contributed by atoms with Crippen LogP contribution in [-0.4, -0.2) is 17.0 Å². The van der Waals surface area contributed by atoms with E-state index in [4.69, 9.17) is 0 Å². The Hall–Kier alpha value is -2.59. The predicted molar refractivity (Wildman–Crippen MR) is 101 cm³/mol. The third-order valence-corrected chi connectivity index (χ3v) is 4.24. The van der Waals surface area contributed by atoms with Gasteiger partial charge in [-0.2, -0.15) is 0 Å². The monoisotopic (exact) mass is 321 g/mol. The van der Waals surface area contributed by atoms with Gasteiger partial charge in [-0.05, 0) is 54.9 Å². The molecule has 0 saturated heterocycles. The van der Waals surface area contributed by atoms with Gasteiger partial charge in [0.05, 0.1) is 11.3 Å². The molecule has 3 aromatic rings. The van der Waals surface area contributed by atoms with E-state index in [1.54, 1.807) is 6.08 Å². The molecule has 124 valence electrons. The normalized spacial score (nSPS) is 11.1. The summed E-state index contributed by atoms with van der Waals surface area (Å²) in [5.74, 6) is 0. The first-order chi connectivity index (χ1) is 11.7. The summed E-state index contributed by atoms with van der Waals surface area (Å²) in [7, 11) is 1.93. The molecule has 4 heteroatoms. The lowest BCUT2D eigenvalue weighted by molar-refractivity contribution is 0.819. The number of rotatable bonds is 6. The summed E-state index contributed by atoms with van der Waals surface area (Å²) in [5.41, 5.74) is 5.63. The SMILES string of the molecule is C=Cc1[nH]c(=O)c(-c2cc3cc(CNC)ccc3[nH]2)cc1CCC. The van der Waals surface area contributed by atoms with Crippen molar-refractivity contribution in [2.75, 3.05) is 7.05 Å². The Bertz CT molecular complexity index is 934. The van der Waals surface area contributed by atoms with E-state index in [0.717, 1.165) is 47.2 Å². The first kappa shape index (κ1) is 16.3. The molecule has 0 amide bonds. The summed E-state index contributed by atoms with van der Waals surface area (Å²) in [5, 5.41) is 4.27. The summed E-state index contributed by atoms with van der Waals surface area (Å²) in [6, 6.07) is 10.3. The maximum absolute atomic E-state index is 12.5. The van der Waals surface area contributed by atoms with E-state index in [1.807, 2.05) is 19.2 Å². The first-order valence-electron chi connectivity index (χ1n) is 8.31. The van der Waals surface area contributed by atoms with E-state index < -0.39 is 0 Å². The number of hydrogen-bond donors (Lipinski definition) is 3. The molecule has 2 heterocycles. The fraction of sp³-hybridized carbons (Fsp3) is 0.250. The molecule has 0 fully saturated rings. The van der Waals surface area contributed by atoms with Crippen molar-refractivity contribution in [3.05, 3.63) is 64.1 Å². The van der Waals surface area contributed by atoms with Crippen LogP contribution in [0.25, 0.3) is 28.2 Å². The van der Waals surface area contributed by atoms with Gasteiger partial charge in [-0.15, -0.1) is 0 Å². The predicted octanol–water partition coefficient (Wildman–Crippen LogP) is 3.84. The highest BCUT2D eigenvalue weighted by atomic mass is 16.1. The molecule has 0 atom stereocenters. The average Bonchev–Trinajstić information content (AvgIpc) is 2.99. The Kier molecular flexibility index (Phi) is 4.67. The molecular formula is C20H23N3O. The van der Waals surface area contributed by atoms with Crippen molar-refractivity contribution in [2.45, 2.75) is 26.3 Å². The van der Waals surface area contributed by atoms with Crippen molar-refractivity contribution >= 4 is 17.0 Å². The van der Waals surface area contributed by atoms with Crippen LogP contribution in [0.4, 0.5) is 0 Å². The zero-order valence-electron chi connectivity index (χ0n) is 14.2. The van der Waals surface area contributed by atoms with Crippen LogP contribution in [0, 0.1) is 0 Å². The van der Waals surface area contributed by atoms with Crippen molar-refractivity contribution in [1.29, 1.82) is 0 Å². The van der Waals surface area contributed by atoms with Crippen LogP contribution in [0.5, 0.6) is 0 Å². The van der Waals surface area contributed by atoms with E-state index in [-0.39, 0.29) is 5.56 Å². The Labute approximate surface area is 141 Å². The molecule has 24 heavy (non-hydrogen) atoms. The van der Waals surface area contributed by atoms with Gasteiger partial charge in [-0.1, -0.05) is 26.0 Å². The van der Waals surface area contributed by atoms with E-state index in [1.165, 1.54) is 5.56 Å². The highest BCUT2D eigenvalue weighted by molar-refractivity contribution is 5.86. The molecule has 0 aliphatic carbocycles. The molecule has 1 aromatic carbocycles. The lowest BCUT2D eigenvalue weighted by atomic mass is 10.0. The van der Waals surface area contributed by atoms with Gasteiger partial charge in [0.2, 0.25) is 0 Å². The second-order valence-electron chi connectivity index (χ2n) is 6.04. The summed E-state index contributed by atoms with van der Waals surface area (Å²) >= 11 is 0. The van der Waals surface area contributed by atoms with Crippen LogP contribution in [-0.2, 0) is 13.0 Å². The zero-order chi connectivity index (χ0) is 17.1. The Morgan fingerprint density at radius 1 is 1.21 bits per heavy atom. The topological polar surface area (TPSA) is 60.7 Å². The summed E-state index contributed by atoms with van der Waals surface area (Å²) in [6.07, 6.45) is 3.65. The van der Waals surface area contributed by atoms with Crippen molar-refractivity contribution in [1.82, 2.24) is 15.3 Å². The zero-order valence-corrected chi connectivity index (χ0v) is 14.2. The lowest BCUT2D eigenvalue weighted by Gasteiger charge is -2.07. The minimum absolute atomic E-state index is 0.0910. The maximum atomic E-state index is 12.5. The molecule has 3 N–H and O–H groups in total. The summed E-state index contributed by atoms with van der Waals surface area (Å²) in [6.45, 7) is 6.75. The third kappa shape index (κ3) is 3.05. The van der Waals surface area contributed by atoms with Crippen molar-refractivity contribution in [3.63, 3.8) is 0 Å². The van der Waals surface area contributed by atoms with Crippen LogP contribution < -0.4 is 10.9 Å². The van der Waals surface area contributed by atoms with Gasteiger partial charge < -0.3 is 15.3 Å². The number of H-pyrrole nitrogens is 2. The third-order valence-electron chi connectivity index (χ3n) is 4.24. The summed E-state index contributed by atoms with van der Waals surface area (Å²) in [4.78, 5) is 18.8. The van der Waals surface area contributed by atoms with Gasteiger partial charge in [0.25, 0.3) is 5.56 Å². The molecule has 2 aromatic heterocycles. The lowest BCUT2D eigenvalue weighted by Crippen LogP contribution is -2.12. The van der Waals surface area contributed by atoms with Gasteiger partial charge >= 0.3 is 0 Å². The Morgan fingerprint density at radius 2 is 2.04 bits per heavy atom. The van der Waals surface area contributed by atoms with Crippen molar-refractivity contribution in [3.8, 4) is 11.3 Å². The molecule has 0 aliphatic rings. The van der Waals surface area contributed by atoms with Crippen LogP contribution in [0.2, 0.25) is 0 Å². The van der Waals surface area contributed by atoms with E-state index in [2.05, 4.69) is 47.0 Å². The largest absolute Gasteiger partial charge is 0.354 e. The van der Waals surface area contributed by atoms with Gasteiger partial charge in [-0.3, -0.25) is 4.79 Å². The molecule has 0 radical (unpaired) electrons. The highest BCUT2D eigenvalue weighted by Gasteiger charge is 2.11. The maximum Gasteiger partial charge on any atom is 0.257 e. The highest BCUT2D eigenvalue weighted by Crippen LogP contribution is 2.24. The van der Waals surface area contributed by atoms with Crippen LogP contribution >= 0.6 is 0 Å². The van der Waals surface area contributed by atoms with E-state index >= 15 is 0 Å². The number of benzene rings is 1. The molecule has 0 bridgehead atoms. The van der Waals surface area contributed by atoms with Crippen molar-refractivity contribution in [2.24, 2.45) is 0 Å². The molecule has 0 aliphatic heterocycles. The van der Waals surface area contributed by atoms with E-state index in [9.17, 15) is 4.79 Å². The molecule has 0 spiro atoms. The molecular weight excluding hydrogens is 298 g/mol. The number of hydrogen-bond acceptors (Lipinski definition) is 2. The van der Waals surface area contributed by atoms with Crippen LogP contribution in [0.3, 0.4) is 0 Å². The van der Waals surface area contributed by atoms with Gasteiger partial charge in [0.1, 0.15) is 0 Å². The van der Waals surface area contributed by atoms with Gasteiger partial charge in [0, 0.05) is 23.1 Å². The smallest absolute Gasteiger partial charge is 0.257 e. The number of fused-ring (bicyclic) bond motifs is 1. The number of aromatic nitrogens is 2. The van der Waals surface area contributed by atoms with Crippen LogP contribution in [0.1, 0.15) is 30.2 Å². The Morgan fingerprint density at radius 3 is 2.75 bits per heavy atom. The van der Waals surface area contributed by atoms with Gasteiger partial charge in [0.15, 0.2) is 0 Å². The van der Waals surface area contributed by atoms with E-state index in [0.29, 0.717) is 5.56 Å². The van der Waals surface area contributed by atoms with Crippen LogP contribution in [0.15, 0.2) is 41.7 Å². The quantitative estimate of drug-likeness (QED) is 0.646. The second kappa shape index (κ2) is 6.89. The number of aryl methyl sites for hydroxylation is 1.